The summed E-state index contributed by atoms with van der Waals surface area (Å²) < 4.78 is 21.2. The van der Waals surface area contributed by atoms with E-state index < -0.39 is 28.8 Å². The zero-order valence-electron chi connectivity index (χ0n) is 21.0. The third-order valence-corrected chi connectivity index (χ3v) is 7.74. The molecule has 0 spiro atoms. The molecule has 2 aromatic carbocycles. The molecule has 1 atom stereocenters. The largest absolute Gasteiger partial charge is 0.381 e. The van der Waals surface area contributed by atoms with Crippen LogP contribution in [-0.2, 0) is 32.8 Å². The molecule has 3 N–H and O–H groups in total. The fraction of sp³-hybridized carbons (Fsp3) is 0.400. The van der Waals surface area contributed by atoms with Gasteiger partial charge in [0.2, 0.25) is 11.6 Å². The first-order valence-electron chi connectivity index (χ1n) is 12.5. The standard InChI is InChI=1S/C25H29B2FN4O5/c26-25(27,31-9-11-37-12-10-31)18-5-1-3-15(21(18)28)13-29-19-6-2-4-16-17(19)14-32(22(16)34)24(36)8-7-20(33)30-23(24)35/h1-6,29,36H,7-14,26-27H2,(H,30,33,35). The number of carbonyl (C=O) groups is 3. The number of carbonyl (C=O) groups excluding carboxylic acids is 3. The first-order valence-corrected chi connectivity index (χ1v) is 12.5. The predicted octanol–water partition coefficient (Wildman–Crippen LogP) is -0.772. The molecule has 3 aliphatic heterocycles. The molecule has 12 heteroatoms. The number of rotatable bonds is 6. The zero-order valence-corrected chi connectivity index (χ0v) is 21.0. The highest BCUT2D eigenvalue weighted by molar-refractivity contribution is 6.39. The third-order valence-electron chi connectivity index (χ3n) is 7.74. The van der Waals surface area contributed by atoms with Gasteiger partial charge in [0.15, 0.2) is 0 Å². The lowest BCUT2D eigenvalue weighted by molar-refractivity contribution is -0.167. The molecular weight excluding hydrogens is 477 g/mol. The second-order valence-corrected chi connectivity index (χ2v) is 10.2. The summed E-state index contributed by atoms with van der Waals surface area (Å²) in [4.78, 5) is 40.4. The van der Waals surface area contributed by atoms with Crippen LogP contribution in [0.5, 0.6) is 0 Å². The van der Waals surface area contributed by atoms with Crippen molar-refractivity contribution in [1.82, 2.24) is 15.1 Å². The Morgan fingerprint density at radius 1 is 1.14 bits per heavy atom. The van der Waals surface area contributed by atoms with Gasteiger partial charge in [-0.2, -0.15) is 0 Å². The van der Waals surface area contributed by atoms with E-state index in [9.17, 15) is 19.5 Å². The molecule has 0 aliphatic carbocycles. The Balaban J connectivity index is 1.36. The zero-order chi connectivity index (χ0) is 26.4. The molecule has 0 bridgehead atoms. The second kappa shape index (κ2) is 9.59. The van der Waals surface area contributed by atoms with Crippen molar-refractivity contribution in [2.24, 2.45) is 0 Å². The summed E-state index contributed by atoms with van der Waals surface area (Å²) in [6.45, 7) is 2.87. The number of ether oxygens (including phenoxy) is 1. The monoisotopic (exact) mass is 506 g/mol. The first kappa shape index (κ1) is 25.4. The van der Waals surface area contributed by atoms with Gasteiger partial charge >= 0.3 is 0 Å². The van der Waals surface area contributed by atoms with Gasteiger partial charge in [0.05, 0.1) is 19.8 Å². The van der Waals surface area contributed by atoms with Crippen molar-refractivity contribution in [3.63, 3.8) is 0 Å². The van der Waals surface area contributed by atoms with Gasteiger partial charge in [-0.3, -0.25) is 24.6 Å². The van der Waals surface area contributed by atoms with Crippen molar-refractivity contribution in [1.29, 1.82) is 0 Å². The highest BCUT2D eigenvalue weighted by atomic mass is 19.1. The number of anilines is 1. The third kappa shape index (κ3) is 4.43. The summed E-state index contributed by atoms with van der Waals surface area (Å²) in [6, 6.07) is 10.5. The SMILES string of the molecule is BC(B)(c1cccc(CNc2cccc3c2CN(C2(O)CCC(=O)NC2=O)C3=O)c1F)N1CCOCC1. The lowest BCUT2D eigenvalue weighted by atomic mass is 9.56. The van der Waals surface area contributed by atoms with Crippen LogP contribution < -0.4 is 10.6 Å². The van der Waals surface area contributed by atoms with Crippen LogP contribution in [0.15, 0.2) is 36.4 Å². The first-order chi connectivity index (χ1) is 17.6. The summed E-state index contributed by atoms with van der Waals surface area (Å²) in [5.41, 5.74) is 0.560. The summed E-state index contributed by atoms with van der Waals surface area (Å²) in [5, 5.41) is 15.9. The Morgan fingerprint density at radius 2 is 1.86 bits per heavy atom. The van der Waals surface area contributed by atoms with Gasteiger partial charge in [-0.05, 0) is 23.0 Å². The Kier molecular flexibility index (Phi) is 6.59. The van der Waals surface area contributed by atoms with Gasteiger partial charge in [-0.1, -0.05) is 24.3 Å². The Bertz CT molecular complexity index is 1270. The number of imide groups is 1. The van der Waals surface area contributed by atoms with Gasteiger partial charge in [0.25, 0.3) is 11.8 Å². The van der Waals surface area contributed by atoms with E-state index in [0.29, 0.717) is 41.2 Å². The predicted molar refractivity (Wildman–Crippen MR) is 139 cm³/mol. The number of benzene rings is 2. The van der Waals surface area contributed by atoms with Crippen molar-refractivity contribution < 1.29 is 28.6 Å². The van der Waals surface area contributed by atoms with E-state index in [0.717, 1.165) is 18.0 Å². The number of morpholine rings is 1. The van der Waals surface area contributed by atoms with Gasteiger partial charge in [0, 0.05) is 54.9 Å². The van der Waals surface area contributed by atoms with Crippen LogP contribution in [0.3, 0.4) is 0 Å². The fourth-order valence-corrected chi connectivity index (χ4v) is 5.42. The Morgan fingerprint density at radius 3 is 2.59 bits per heavy atom. The number of nitrogens with zero attached hydrogens (tertiary/aromatic N) is 2. The maximum Gasteiger partial charge on any atom is 0.279 e. The molecule has 3 amide bonds. The van der Waals surface area contributed by atoms with Crippen LogP contribution in [-0.4, -0.2) is 80.3 Å². The summed E-state index contributed by atoms with van der Waals surface area (Å²) in [7, 11) is 4.02. The molecular formula is C25H29B2FN4O5. The Hall–Kier alpha value is -3.21. The molecule has 9 nitrogen and oxygen atoms in total. The molecule has 3 aliphatic rings. The molecule has 3 heterocycles. The number of piperidine rings is 1. The van der Waals surface area contributed by atoms with E-state index in [1.807, 2.05) is 27.8 Å². The molecule has 5 rings (SSSR count). The number of amides is 3. The summed E-state index contributed by atoms with van der Waals surface area (Å²) in [6.07, 6.45) is -0.235. The van der Waals surface area contributed by atoms with Crippen LogP contribution in [0.25, 0.3) is 0 Å². The average Bonchev–Trinajstić information content (AvgIpc) is 3.24. The molecule has 0 radical (unpaired) electrons. The number of hydrogen-bond donors (Lipinski definition) is 3. The minimum atomic E-state index is -2.10. The fourth-order valence-electron chi connectivity index (χ4n) is 5.42. The van der Waals surface area contributed by atoms with E-state index in [1.54, 1.807) is 24.3 Å². The molecule has 37 heavy (non-hydrogen) atoms. The molecule has 0 saturated carbocycles. The van der Waals surface area contributed by atoms with Crippen molar-refractivity contribution >= 4 is 39.1 Å². The highest BCUT2D eigenvalue weighted by Crippen LogP contribution is 2.36. The van der Waals surface area contributed by atoms with Crippen molar-refractivity contribution in [2.45, 2.75) is 37.0 Å². The van der Waals surface area contributed by atoms with Crippen LogP contribution >= 0.6 is 0 Å². The molecule has 2 fully saturated rings. The van der Waals surface area contributed by atoms with Crippen LogP contribution in [0.4, 0.5) is 10.1 Å². The summed E-state index contributed by atoms with van der Waals surface area (Å²) in [5.74, 6) is -2.16. The topological polar surface area (TPSA) is 111 Å². The minimum Gasteiger partial charge on any atom is -0.381 e. The van der Waals surface area contributed by atoms with E-state index in [1.165, 1.54) is 0 Å². The second-order valence-electron chi connectivity index (χ2n) is 10.2. The molecule has 192 valence electrons. The maximum atomic E-state index is 15.7. The quantitative estimate of drug-likeness (QED) is 0.349. The number of fused-ring (bicyclic) bond motifs is 1. The number of halogens is 1. The molecule has 2 aromatic rings. The van der Waals surface area contributed by atoms with Crippen LogP contribution in [0.1, 0.15) is 39.9 Å². The van der Waals surface area contributed by atoms with E-state index in [2.05, 4.69) is 15.5 Å². The molecule has 2 saturated heterocycles. The van der Waals surface area contributed by atoms with Crippen molar-refractivity contribution in [3.05, 3.63) is 64.5 Å². The average molecular weight is 506 g/mol. The van der Waals surface area contributed by atoms with Gasteiger partial charge in [0.1, 0.15) is 21.5 Å². The lowest BCUT2D eigenvalue weighted by Gasteiger charge is -2.42. The smallest absolute Gasteiger partial charge is 0.279 e. The van der Waals surface area contributed by atoms with E-state index >= 15 is 4.39 Å². The van der Waals surface area contributed by atoms with Gasteiger partial charge in [-0.25, -0.2) is 4.39 Å². The van der Waals surface area contributed by atoms with Gasteiger partial charge < -0.3 is 20.1 Å². The normalized spacial score (nSPS) is 22.6. The number of nitrogens with one attached hydrogen (secondary N) is 2. The van der Waals surface area contributed by atoms with E-state index in [-0.39, 0.29) is 31.7 Å². The molecule has 0 aromatic heterocycles. The van der Waals surface area contributed by atoms with Crippen molar-refractivity contribution in [2.75, 3.05) is 31.6 Å². The highest BCUT2D eigenvalue weighted by Gasteiger charge is 2.51. The molecule has 1 unspecified atom stereocenters. The van der Waals surface area contributed by atoms with Crippen LogP contribution in [0.2, 0.25) is 0 Å². The number of hydrogen-bond acceptors (Lipinski definition) is 7. The van der Waals surface area contributed by atoms with Gasteiger partial charge in [-0.15, -0.1) is 0 Å². The lowest BCUT2D eigenvalue weighted by Crippen LogP contribution is -2.63. The number of aliphatic hydroxyl groups is 1. The Labute approximate surface area is 216 Å². The van der Waals surface area contributed by atoms with Crippen molar-refractivity contribution in [3.8, 4) is 0 Å². The van der Waals surface area contributed by atoms with Crippen LogP contribution in [0, 0.1) is 5.82 Å². The maximum absolute atomic E-state index is 15.7. The van der Waals surface area contributed by atoms with E-state index in [4.69, 9.17) is 4.74 Å². The minimum absolute atomic E-state index is 0.0119. The summed E-state index contributed by atoms with van der Waals surface area (Å²) >= 11 is 0.